The van der Waals surface area contributed by atoms with Gasteiger partial charge >= 0.3 is 5.97 Å². The zero-order valence-corrected chi connectivity index (χ0v) is 18.6. The molecular formula is C25H14Cl2O6. The second kappa shape index (κ2) is 8.31. The van der Waals surface area contributed by atoms with Crippen molar-refractivity contribution >= 4 is 52.0 Å². The number of hydrogen-bond donors (Lipinski definition) is 0. The lowest BCUT2D eigenvalue weighted by Gasteiger charge is -2.04. The smallest absolute Gasteiger partial charge is 0.379 e. The van der Waals surface area contributed by atoms with Gasteiger partial charge < -0.3 is 18.6 Å². The molecule has 0 bridgehead atoms. The summed E-state index contributed by atoms with van der Waals surface area (Å²) in [5, 5.41) is 1.48. The zero-order valence-electron chi connectivity index (χ0n) is 17.1. The molecule has 0 fully saturated rings. The fourth-order valence-electron chi connectivity index (χ4n) is 3.47. The SMILES string of the molecule is COc1cccc2cc(C(=O)Oc3ccc4c(c3)O/C(=C\c3c(Cl)cccc3Cl)C4=O)oc12. The van der Waals surface area contributed by atoms with Gasteiger partial charge in [-0.1, -0.05) is 41.4 Å². The molecule has 0 N–H and O–H groups in total. The molecule has 33 heavy (non-hydrogen) atoms. The van der Waals surface area contributed by atoms with Gasteiger partial charge in [0.25, 0.3) is 0 Å². The van der Waals surface area contributed by atoms with Crippen molar-refractivity contribution in [1.82, 2.24) is 0 Å². The van der Waals surface area contributed by atoms with Crippen LogP contribution in [0.4, 0.5) is 0 Å². The normalized spacial score (nSPS) is 13.8. The summed E-state index contributed by atoms with van der Waals surface area (Å²) in [7, 11) is 1.52. The fraction of sp³-hybridized carbons (Fsp3) is 0.0400. The second-order valence-electron chi connectivity index (χ2n) is 7.11. The summed E-state index contributed by atoms with van der Waals surface area (Å²) in [5.74, 6) is 0.00381. The van der Waals surface area contributed by atoms with Crippen LogP contribution in [0.2, 0.25) is 10.0 Å². The summed E-state index contributed by atoms with van der Waals surface area (Å²) in [4.78, 5) is 25.3. The molecule has 0 saturated carbocycles. The molecule has 0 unspecified atom stereocenters. The number of fused-ring (bicyclic) bond motifs is 2. The molecule has 0 aliphatic carbocycles. The summed E-state index contributed by atoms with van der Waals surface area (Å²) in [5.41, 5.74) is 1.25. The lowest BCUT2D eigenvalue weighted by Crippen LogP contribution is -2.07. The van der Waals surface area contributed by atoms with Gasteiger partial charge in [0.1, 0.15) is 11.5 Å². The molecule has 1 aliphatic rings. The highest BCUT2D eigenvalue weighted by Gasteiger charge is 2.29. The first kappa shape index (κ1) is 21.1. The standard InChI is InChI=1S/C25H14Cl2O6/c1-30-19-7-2-4-13-10-22(33-24(13)19)25(29)31-14-8-9-15-20(11-14)32-21(23(15)28)12-16-17(26)5-3-6-18(16)27/h2-12H,1H3/b21-12-. The van der Waals surface area contributed by atoms with Crippen LogP contribution in [0.1, 0.15) is 26.5 Å². The van der Waals surface area contributed by atoms with E-state index >= 15 is 0 Å². The van der Waals surface area contributed by atoms with E-state index in [9.17, 15) is 9.59 Å². The van der Waals surface area contributed by atoms with Crippen molar-refractivity contribution in [2.45, 2.75) is 0 Å². The predicted octanol–water partition coefficient (Wildman–Crippen LogP) is 6.58. The number of allylic oxidation sites excluding steroid dienone is 1. The summed E-state index contributed by atoms with van der Waals surface area (Å²) in [6.45, 7) is 0. The van der Waals surface area contributed by atoms with Crippen molar-refractivity contribution in [1.29, 1.82) is 0 Å². The average molecular weight is 481 g/mol. The Balaban J connectivity index is 1.40. The number of carbonyl (C=O) groups excluding carboxylic acids is 2. The second-order valence-corrected chi connectivity index (χ2v) is 7.93. The maximum absolute atomic E-state index is 12.7. The fourth-order valence-corrected chi connectivity index (χ4v) is 3.97. The minimum absolute atomic E-state index is 0.0148. The van der Waals surface area contributed by atoms with E-state index in [0.717, 1.165) is 0 Å². The van der Waals surface area contributed by atoms with Crippen molar-refractivity contribution < 1.29 is 28.2 Å². The summed E-state index contributed by atoms with van der Waals surface area (Å²) in [6, 6.07) is 16.4. The van der Waals surface area contributed by atoms with Gasteiger partial charge in [0.15, 0.2) is 17.1 Å². The highest BCUT2D eigenvalue weighted by atomic mass is 35.5. The minimum atomic E-state index is -0.698. The quantitative estimate of drug-likeness (QED) is 0.186. The van der Waals surface area contributed by atoms with E-state index in [1.807, 2.05) is 0 Å². The number of para-hydroxylation sites is 1. The summed E-state index contributed by atoms with van der Waals surface area (Å²) >= 11 is 12.4. The average Bonchev–Trinajstić information content (AvgIpc) is 3.37. The van der Waals surface area contributed by atoms with E-state index in [-0.39, 0.29) is 28.8 Å². The summed E-state index contributed by atoms with van der Waals surface area (Å²) in [6.07, 6.45) is 1.49. The number of furan rings is 1. The number of ether oxygens (including phenoxy) is 3. The minimum Gasteiger partial charge on any atom is -0.493 e. The number of carbonyl (C=O) groups is 2. The van der Waals surface area contributed by atoms with E-state index in [4.69, 9.17) is 41.8 Å². The van der Waals surface area contributed by atoms with Crippen LogP contribution in [0.25, 0.3) is 17.0 Å². The van der Waals surface area contributed by atoms with Crippen molar-refractivity contribution in [2.24, 2.45) is 0 Å². The number of methoxy groups -OCH3 is 1. The van der Waals surface area contributed by atoms with Crippen LogP contribution in [-0.2, 0) is 0 Å². The molecule has 8 heteroatoms. The van der Waals surface area contributed by atoms with Crippen LogP contribution in [0.5, 0.6) is 17.2 Å². The number of rotatable bonds is 4. The van der Waals surface area contributed by atoms with E-state index < -0.39 is 5.97 Å². The Morgan fingerprint density at radius 1 is 1.00 bits per heavy atom. The molecular weight excluding hydrogens is 467 g/mol. The van der Waals surface area contributed by atoms with Gasteiger partial charge in [-0.15, -0.1) is 0 Å². The lowest BCUT2D eigenvalue weighted by molar-refractivity contribution is 0.0703. The molecule has 5 rings (SSSR count). The monoisotopic (exact) mass is 480 g/mol. The highest BCUT2D eigenvalue weighted by molar-refractivity contribution is 6.37. The van der Waals surface area contributed by atoms with Gasteiger partial charge in [-0.2, -0.15) is 0 Å². The predicted molar refractivity (Wildman–Crippen MR) is 124 cm³/mol. The number of benzene rings is 3. The molecule has 2 heterocycles. The highest BCUT2D eigenvalue weighted by Crippen LogP contribution is 2.37. The van der Waals surface area contributed by atoms with Crippen LogP contribution >= 0.6 is 23.2 Å². The Hall–Kier alpha value is -3.74. The van der Waals surface area contributed by atoms with Crippen LogP contribution in [0.3, 0.4) is 0 Å². The Labute approximate surface area is 197 Å². The van der Waals surface area contributed by atoms with Gasteiger partial charge in [0.2, 0.25) is 11.5 Å². The summed E-state index contributed by atoms with van der Waals surface area (Å²) < 4.78 is 22.0. The third kappa shape index (κ3) is 3.84. The van der Waals surface area contributed by atoms with E-state index in [1.165, 1.54) is 31.4 Å². The molecule has 1 aromatic heterocycles. The molecule has 164 valence electrons. The number of ketones is 1. The van der Waals surface area contributed by atoms with Crippen molar-refractivity contribution in [3.05, 3.63) is 93.4 Å². The van der Waals surface area contributed by atoms with E-state index in [1.54, 1.807) is 42.5 Å². The number of hydrogen-bond acceptors (Lipinski definition) is 6. The maximum atomic E-state index is 12.7. The largest absolute Gasteiger partial charge is 0.493 e. The van der Waals surface area contributed by atoms with Crippen LogP contribution < -0.4 is 14.2 Å². The number of halogens is 2. The Kier molecular flexibility index (Phi) is 5.32. The van der Waals surface area contributed by atoms with E-state index in [0.29, 0.717) is 37.9 Å². The van der Waals surface area contributed by atoms with Crippen molar-refractivity contribution in [3.63, 3.8) is 0 Å². The van der Waals surface area contributed by atoms with Crippen molar-refractivity contribution in [3.8, 4) is 17.2 Å². The zero-order chi connectivity index (χ0) is 23.1. The molecule has 6 nitrogen and oxygen atoms in total. The molecule has 0 atom stereocenters. The molecule has 0 radical (unpaired) electrons. The van der Waals surface area contributed by atoms with Gasteiger partial charge in [0.05, 0.1) is 12.7 Å². The molecule has 0 saturated heterocycles. The third-order valence-corrected chi connectivity index (χ3v) is 5.72. The molecule has 3 aromatic carbocycles. The first-order valence-electron chi connectivity index (χ1n) is 9.75. The number of esters is 1. The first-order valence-corrected chi connectivity index (χ1v) is 10.5. The van der Waals surface area contributed by atoms with E-state index in [2.05, 4.69) is 0 Å². The Morgan fingerprint density at radius 3 is 2.52 bits per heavy atom. The third-order valence-electron chi connectivity index (χ3n) is 5.06. The molecule has 4 aromatic rings. The van der Waals surface area contributed by atoms with Crippen LogP contribution in [0.15, 0.2) is 70.8 Å². The van der Waals surface area contributed by atoms with Crippen LogP contribution in [0, 0.1) is 0 Å². The van der Waals surface area contributed by atoms with Crippen LogP contribution in [-0.4, -0.2) is 18.9 Å². The van der Waals surface area contributed by atoms with Crippen molar-refractivity contribution in [2.75, 3.05) is 7.11 Å². The molecule has 0 amide bonds. The molecule has 0 spiro atoms. The van der Waals surface area contributed by atoms with Gasteiger partial charge in [0, 0.05) is 27.1 Å². The molecule has 1 aliphatic heterocycles. The van der Waals surface area contributed by atoms with Gasteiger partial charge in [-0.05, 0) is 42.5 Å². The maximum Gasteiger partial charge on any atom is 0.379 e. The first-order chi connectivity index (χ1) is 15.9. The Bertz CT molecular complexity index is 1450. The Morgan fingerprint density at radius 2 is 1.76 bits per heavy atom. The van der Waals surface area contributed by atoms with Gasteiger partial charge in [-0.25, -0.2) is 4.79 Å². The lowest BCUT2D eigenvalue weighted by atomic mass is 10.1. The van der Waals surface area contributed by atoms with Gasteiger partial charge in [-0.3, -0.25) is 4.79 Å². The number of Topliss-reactive ketones (excluding diaryl/α,β-unsaturated/α-hetero) is 1. The topological polar surface area (TPSA) is 75.0 Å².